The number of carboxylic acids is 1. The van der Waals surface area contributed by atoms with Crippen molar-refractivity contribution in [3.63, 3.8) is 0 Å². The molecule has 0 aromatic heterocycles. The molecule has 1 unspecified atom stereocenters. The number of carboxylic acid groups (broad SMARTS) is 1. The minimum absolute atomic E-state index is 0.335. The van der Waals surface area contributed by atoms with Crippen molar-refractivity contribution in [3.8, 4) is 0 Å². The number of halogens is 1. The Morgan fingerprint density at radius 1 is 1.56 bits per heavy atom. The second kappa shape index (κ2) is 4.55. The van der Waals surface area contributed by atoms with Gasteiger partial charge in [0.05, 0.1) is 5.56 Å². The van der Waals surface area contributed by atoms with Gasteiger partial charge in [0, 0.05) is 11.0 Å². The van der Waals surface area contributed by atoms with Crippen LogP contribution >= 0.6 is 15.9 Å². The molecule has 3 nitrogen and oxygen atoms in total. The maximum Gasteiger partial charge on any atom is 0.335 e. The van der Waals surface area contributed by atoms with Crippen molar-refractivity contribution < 1.29 is 9.90 Å². The van der Waals surface area contributed by atoms with E-state index in [4.69, 9.17) is 5.11 Å². The molecule has 0 bridgehead atoms. The lowest BCUT2D eigenvalue weighted by Crippen LogP contribution is -2.13. The van der Waals surface area contributed by atoms with Crippen molar-refractivity contribution in [2.45, 2.75) is 12.3 Å². The summed E-state index contributed by atoms with van der Waals surface area (Å²) >= 11 is 3.46. The fourth-order valence-electron chi connectivity index (χ4n) is 2.18. The molecular weight excluding hydrogens is 270 g/mol. The lowest BCUT2D eigenvalue weighted by Gasteiger charge is -2.13. The Balaban J connectivity index is 2.26. The SMILES string of the molecule is CN1CCC(c2ccc(C(=O)O)cc2Br)C1. The van der Waals surface area contributed by atoms with Crippen LogP contribution in [0.2, 0.25) is 0 Å². The normalized spacial score (nSPS) is 21.2. The third kappa shape index (κ3) is 2.28. The van der Waals surface area contributed by atoms with Gasteiger partial charge in [-0.1, -0.05) is 22.0 Å². The number of nitrogens with zero attached hydrogens (tertiary/aromatic N) is 1. The number of rotatable bonds is 2. The quantitative estimate of drug-likeness (QED) is 0.907. The van der Waals surface area contributed by atoms with E-state index in [9.17, 15) is 4.79 Å². The van der Waals surface area contributed by atoms with Gasteiger partial charge in [0.25, 0.3) is 0 Å². The highest BCUT2D eigenvalue weighted by Gasteiger charge is 2.23. The summed E-state index contributed by atoms with van der Waals surface area (Å²) in [5.41, 5.74) is 1.55. The highest BCUT2D eigenvalue weighted by molar-refractivity contribution is 9.10. The first kappa shape index (κ1) is 11.6. The predicted molar refractivity (Wildman–Crippen MR) is 66.0 cm³/mol. The average molecular weight is 284 g/mol. The lowest BCUT2D eigenvalue weighted by molar-refractivity contribution is 0.0697. The zero-order valence-corrected chi connectivity index (χ0v) is 10.7. The van der Waals surface area contributed by atoms with Gasteiger partial charge in [0.15, 0.2) is 0 Å². The Hall–Kier alpha value is -0.870. The van der Waals surface area contributed by atoms with Crippen LogP contribution in [0.15, 0.2) is 22.7 Å². The van der Waals surface area contributed by atoms with Crippen LogP contribution < -0.4 is 0 Å². The Morgan fingerprint density at radius 2 is 2.31 bits per heavy atom. The van der Waals surface area contributed by atoms with E-state index in [1.807, 2.05) is 6.07 Å². The third-order valence-electron chi connectivity index (χ3n) is 3.08. The number of carbonyl (C=O) groups is 1. The van der Waals surface area contributed by atoms with E-state index in [0.29, 0.717) is 11.5 Å². The summed E-state index contributed by atoms with van der Waals surface area (Å²) in [6.07, 6.45) is 1.14. The van der Waals surface area contributed by atoms with Gasteiger partial charge in [-0.3, -0.25) is 0 Å². The molecule has 4 heteroatoms. The second-order valence-corrected chi connectivity index (χ2v) is 5.14. The van der Waals surface area contributed by atoms with Gasteiger partial charge < -0.3 is 10.0 Å². The summed E-state index contributed by atoms with van der Waals surface area (Å²) in [5.74, 6) is -0.363. The molecular formula is C12H14BrNO2. The number of likely N-dealkylation sites (tertiary alicyclic amines) is 1. The maximum absolute atomic E-state index is 10.8. The van der Waals surface area contributed by atoms with Crippen LogP contribution in [-0.4, -0.2) is 36.1 Å². The van der Waals surface area contributed by atoms with Crippen molar-refractivity contribution >= 4 is 21.9 Å². The number of aromatic carboxylic acids is 1. The molecule has 1 saturated heterocycles. The van der Waals surface area contributed by atoms with Gasteiger partial charge in [0.2, 0.25) is 0 Å². The van der Waals surface area contributed by atoms with E-state index in [-0.39, 0.29) is 0 Å². The van der Waals surface area contributed by atoms with E-state index in [0.717, 1.165) is 24.0 Å². The molecule has 1 N–H and O–H groups in total. The summed E-state index contributed by atoms with van der Waals surface area (Å²) in [4.78, 5) is 13.1. The van der Waals surface area contributed by atoms with Gasteiger partial charge in [-0.15, -0.1) is 0 Å². The first-order valence-corrected chi connectivity index (χ1v) is 6.08. The van der Waals surface area contributed by atoms with Gasteiger partial charge in [-0.2, -0.15) is 0 Å². The monoisotopic (exact) mass is 283 g/mol. The maximum atomic E-state index is 10.8. The van der Waals surface area contributed by atoms with Crippen molar-refractivity contribution in [1.82, 2.24) is 4.90 Å². The molecule has 16 heavy (non-hydrogen) atoms. The number of hydrogen-bond acceptors (Lipinski definition) is 2. The molecule has 1 heterocycles. The molecule has 86 valence electrons. The van der Waals surface area contributed by atoms with Crippen molar-refractivity contribution in [2.75, 3.05) is 20.1 Å². The van der Waals surface area contributed by atoms with Gasteiger partial charge in [-0.05, 0) is 43.6 Å². The molecule has 0 radical (unpaired) electrons. The molecule has 1 aliphatic heterocycles. The van der Waals surface area contributed by atoms with E-state index in [2.05, 4.69) is 27.9 Å². The summed E-state index contributed by atoms with van der Waals surface area (Å²) < 4.78 is 0.910. The zero-order valence-electron chi connectivity index (χ0n) is 9.11. The smallest absolute Gasteiger partial charge is 0.335 e. The van der Waals surface area contributed by atoms with Crippen LogP contribution in [0, 0.1) is 0 Å². The summed E-state index contributed by atoms with van der Waals surface area (Å²) in [7, 11) is 2.11. The van der Waals surface area contributed by atoms with Gasteiger partial charge in [-0.25, -0.2) is 4.79 Å². The molecule has 0 aliphatic carbocycles. The van der Waals surface area contributed by atoms with Crippen molar-refractivity contribution in [2.24, 2.45) is 0 Å². The van der Waals surface area contributed by atoms with Crippen LogP contribution in [0.1, 0.15) is 28.3 Å². The molecule has 1 aromatic carbocycles. The number of hydrogen-bond donors (Lipinski definition) is 1. The minimum atomic E-state index is -0.879. The Labute approximate surface area is 103 Å². The first-order chi connectivity index (χ1) is 7.58. The highest BCUT2D eigenvalue weighted by Crippen LogP contribution is 2.32. The third-order valence-corrected chi connectivity index (χ3v) is 3.77. The van der Waals surface area contributed by atoms with E-state index < -0.39 is 5.97 Å². The molecule has 0 amide bonds. The van der Waals surface area contributed by atoms with Crippen LogP contribution in [0.25, 0.3) is 0 Å². The minimum Gasteiger partial charge on any atom is -0.478 e. The lowest BCUT2D eigenvalue weighted by atomic mass is 9.97. The fourth-order valence-corrected chi connectivity index (χ4v) is 2.88. The molecule has 1 aromatic rings. The first-order valence-electron chi connectivity index (χ1n) is 5.29. The van der Waals surface area contributed by atoms with Crippen molar-refractivity contribution in [1.29, 1.82) is 0 Å². The topological polar surface area (TPSA) is 40.5 Å². The Bertz CT molecular complexity index is 419. The van der Waals surface area contributed by atoms with Crippen LogP contribution in [0.3, 0.4) is 0 Å². The summed E-state index contributed by atoms with van der Waals surface area (Å²) in [6, 6.07) is 5.30. The van der Waals surface area contributed by atoms with Gasteiger partial charge >= 0.3 is 5.97 Å². The molecule has 0 spiro atoms. The highest BCUT2D eigenvalue weighted by atomic mass is 79.9. The summed E-state index contributed by atoms with van der Waals surface area (Å²) in [6.45, 7) is 2.16. The number of likely N-dealkylation sites (N-methyl/N-ethyl adjacent to an activating group) is 1. The zero-order chi connectivity index (χ0) is 11.7. The van der Waals surface area contributed by atoms with Crippen molar-refractivity contribution in [3.05, 3.63) is 33.8 Å². The Kier molecular flexibility index (Phi) is 3.30. The predicted octanol–water partition coefficient (Wildman–Crippen LogP) is 2.57. The van der Waals surface area contributed by atoms with Crippen LogP contribution in [0.5, 0.6) is 0 Å². The largest absolute Gasteiger partial charge is 0.478 e. The molecule has 0 saturated carbocycles. The second-order valence-electron chi connectivity index (χ2n) is 4.29. The standard InChI is InChI=1S/C12H14BrNO2/c1-14-5-4-9(7-14)10-3-2-8(12(15)16)6-11(10)13/h2-3,6,9H,4-5,7H2,1H3,(H,15,16). The molecule has 1 atom stereocenters. The van der Waals surface area contributed by atoms with Crippen LogP contribution in [0.4, 0.5) is 0 Å². The molecule has 1 fully saturated rings. The number of benzene rings is 1. The fraction of sp³-hybridized carbons (Fsp3) is 0.417. The molecule has 1 aliphatic rings. The summed E-state index contributed by atoms with van der Waals surface area (Å²) in [5, 5.41) is 8.88. The molecule has 2 rings (SSSR count). The van der Waals surface area contributed by atoms with Crippen LogP contribution in [-0.2, 0) is 0 Å². The van der Waals surface area contributed by atoms with E-state index >= 15 is 0 Å². The van der Waals surface area contributed by atoms with E-state index in [1.165, 1.54) is 5.56 Å². The van der Waals surface area contributed by atoms with E-state index in [1.54, 1.807) is 12.1 Å². The van der Waals surface area contributed by atoms with Gasteiger partial charge in [0.1, 0.15) is 0 Å². The average Bonchev–Trinajstić information content (AvgIpc) is 2.64. The Morgan fingerprint density at radius 3 is 2.81 bits per heavy atom.